The summed E-state index contributed by atoms with van der Waals surface area (Å²) in [5.74, 6) is 0.00294. The molecular weight excluding hydrogens is 197 g/mol. The summed E-state index contributed by atoms with van der Waals surface area (Å²) in [7, 11) is 0. The Hall–Kier alpha value is -1.52. The lowest BCUT2D eigenvalue weighted by Crippen LogP contribution is -2.05. The molecule has 5 heteroatoms. The highest BCUT2D eigenvalue weighted by Crippen LogP contribution is 2.31. The lowest BCUT2D eigenvalue weighted by atomic mass is 10.2. The van der Waals surface area contributed by atoms with E-state index in [0.717, 1.165) is 12.1 Å². The fourth-order valence-electron chi connectivity index (χ4n) is 0.875. The van der Waals surface area contributed by atoms with Gasteiger partial charge in [0.2, 0.25) is 6.29 Å². The molecule has 1 rings (SSSR count). The molecule has 0 spiro atoms. The van der Waals surface area contributed by atoms with Crippen molar-refractivity contribution in [1.29, 1.82) is 0 Å². The Morgan fingerprint density at radius 3 is 2.64 bits per heavy atom. The maximum absolute atomic E-state index is 12.2. The minimum Gasteiger partial charge on any atom is -0.485 e. The smallest absolute Gasteiger partial charge is 0.416 e. The summed E-state index contributed by atoms with van der Waals surface area (Å²) in [6, 6.07) is 4.31. The molecule has 0 atom stereocenters. The van der Waals surface area contributed by atoms with Crippen molar-refractivity contribution in [2.75, 3.05) is 6.61 Å². The van der Waals surface area contributed by atoms with Crippen molar-refractivity contribution >= 4 is 6.29 Å². The quantitative estimate of drug-likeness (QED) is 0.752. The van der Waals surface area contributed by atoms with Crippen molar-refractivity contribution in [3.63, 3.8) is 0 Å². The van der Waals surface area contributed by atoms with Crippen molar-refractivity contribution in [3.8, 4) is 5.75 Å². The van der Waals surface area contributed by atoms with Gasteiger partial charge in [-0.05, 0) is 18.2 Å². The van der Waals surface area contributed by atoms with Gasteiger partial charge in [-0.25, -0.2) is 0 Å². The van der Waals surface area contributed by atoms with Crippen LogP contribution in [0.4, 0.5) is 13.2 Å². The van der Waals surface area contributed by atoms with Gasteiger partial charge in [0.1, 0.15) is 5.75 Å². The van der Waals surface area contributed by atoms with E-state index < -0.39 is 11.7 Å². The van der Waals surface area contributed by atoms with Crippen molar-refractivity contribution in [3.05, 3.63) is 29.8 Å². The van der Waals surface area contributed by atoms with Crippen molar-refractivity contribution in [1.82, 2.24) is 0 Å². The molecular formula is C9H6F3O2. The Kier molecular flexibility index (Phi) is 3.11. The zero-order valence-corrected chi connectivity index (χ0v) is 6.97. The molecule has 1 aromatic rings. The molecule has 0 unspecified atom stereocenters. The van der Waals surface area contributed by atoms with Gasteiger partial charge in [-0.15, -0.1) is 0 Å². The van der Waals surface area contributed by atoms with Crippen LogP contribution in [0.5, 0.6) is 5.75 Å². The number of halogens is 3. The SMILES string of the molecule is O=[C]COc1cccc(C(F)(F)F)c1. The van der Waals surface area contributed by atoms with Crippen LogP contribution >= 0.6 is 0 Å². The van der Waals surface area contributed by atoms with Gasteiger partial charge < -0.3 is 4.74 Å². The molecule has 1 radical (unpaired) electrons. The first-order valence-corrected chi connectivity index (χ1v) is 3.69. The molecule has 75 valence electrons. The van der Waals surface area contributed by atoms with Gasteiger partial charge in [0, 0.05) is 0 Å². The molecule has 0 amide bonds. The van der Waals surface area contributed by atoms with Crippen LogP contribution in [0.15, 0.2) is 24.3 Å². The monoisotopic (exact) mass is 203 g/mol. The largest absolute Gasteiger partial charge is 0.485 e. The minimum atomic E-state index is -4.40. The van der Waals surface area contributed by atoms with Crippen LogP contribution in [-0.4, -0.2) is 12.9 Å². The third-order valence-corrected chi connectivity index (χ3v) is 1.46. The maximum atomic E-state index is 12.2. The highest BCUT2D eigenvalue weighted by molar-refractivity contribution is 5.52. The van der Waals surface area contributed by atoms with Crippen LogP contribution < -0.4 is 4.74 Å². The standard InChI is InChI=1S/C9H6F3O2/c10-9(11,12)7-2-1-3-8(6-7)14-5-4-13/h1-3,6H,5H2. The first kappa shape index (κ1) is 10.6. The van der Waals surface area contributed by atoms with Gasteiger partial charge in [0.15, 0.2) is 6.61 Å². The van der Waals surface area contributed by atoms with Gasteiger partial charge in [-0.1, -0.05) is 6.07 Å². The number of ether oxygens (including phenoxy) is 1. The van der Waals surface area contributed by atoms with E-state index in [4.69, 9.17) is 0 Å². The predicted molar refractivity (Wildman–Crippen MR) is 42.6 cm³/mol. The lowest BCUT2D eigenvalue weighted by Gasteiger charge is -2.08. The molecule has 0 aliphatic rings. The zero-order chi connectivity index (χ0) is 10.6. The summed E-state index contributed by atoms with van der Waals surface area (Å²) >= 11 is 0. The number of rotatable bonds is 3. The average molecular weight is 203 g/mol. The van der Waals surface area contributed by atoms with Gasteiger partial charge in [0.05, 0.1) is 5.56 Å². The predicted octanol–water partition coefficient (Wildman–Crippen LogP) is 2.19. The average Bonchev–Trinajstić information content (AvgIpc) is 2.14. The van der Waals surface area contributed by atoms with Crippen molar-refractivity contribution < 1.29 is 22.7 Å². The maximum Gasteiger partial charge on any atom is 0.416 e. The third kappa shape index (κ3) is 2.76. The molecule has 0 N–H and O–H groups in total. The fourth-order valence-corrected chi connectivity index (χ4v) is 0.875. The summed E-state index contributed by atoms with van der Waals surface area (Å²) in [6.45, 7) is -0.374. The number of benzene rings is 1. The van der Waals surface area contributed by atoms with Crippen LogP contribution in [0.25, 0.3) is 0 Å². The third-order valence-electron chi connectivity index (χ3n) is 1.46. The van der Waals surface area contributed by atoms with E-state index in [-0.39, 0.29) is 12.4 Å². The van der Waals surface area contributed by atoms with Crippen LogP contribution in [0, 0.1) is 0 Å². The minimum absolute atomic E-state index is 0.00294. The molecule has 0 bridgehead atoms. The molecule has 0 aromatic heterocycles. The van der Waals surface area contributed by atoms with E-state index in [0.29, 0.717) is 0 Å². The molecule has 14 heavy (non-hydrogen) atoms. The molecule has 2 nitrogen and oxygen atoms in total. The van der Waals surface area contributed by atoms with E-state index >= 15 is 0 Å². The normalized spacial score (nSPS) is 11.1. The summed E-state index contributed by atoms with van der Waals surface area (Å²) in [4.78, 5) is 9.79. The first-order valence-electron chi connectivity index (χ1n) is 3.69. The number of alkyl halides is 3. The van der Waals surface area contributed by atoms with Gasteiger partial charge >= 0.3 is 6.18 Å². The molecule has 0 saturated carbocycles. The summed E-state index contributed by atoms with van der Waals surface area (Å²) in [5.41, 5.74) is -0.805. The molecule has 0 fully saturated rings. The Bertz CT molecular complexity index is 320. The summed E-state index contributed by atoms with van der Waals surface area (Å²) < 4.78 is 41.1. The first-order chi connectivity index (χ1) is 6.54. The topological polar surface area (TPSA) is 26.3 Å². The summed E-state index contributed by atoms with van der Waals surface area (Å²) in [5, 5.41) is 0. The van der Waals surface area contributed by atoms with E-state index in [1.807, 2.05) is 0 Å². The van der Waals surface area contributed by atoms with E-state index in [2.05, 4.69) is 4.74 Å². The van der Waals surface area contributed by atoms with Crippen LogP contribution in [0.1, 0.15) is 5.56 Å². The van der Waals surface area contributed by atoms with Crippen LogP contribution in [0.3, 0.4) is 0 Å². The van der Waals surface area contributed by atoms with Crippen molar-refractivity contribution in [2.45, 2.75) is 6.18 Å². The van der Waals surface area contributed by atoms with E-state index in [1.165, 1.54) is 18.4 Å². The molecule has 0 saturated heterocycles. The van der Waals surface area contributed by atoms with Crippen LogP contribution in [0.2, 0.25) is 0 Å². The Morgan fingerprint density at radius 1 is 1.36 bits per heavy atom. The van der Waals surface area contributed by atoms with Gasteiger partial charge in [0.25, 0.3) is 0 Å². The molecule has 0 heterocycles. The van der Waals surface area contributed by atoms with Crippen molar-refractivity contribution in [2.24, 2.45) is 0 Å². The van der Waals surface area contributed by atoms with E-state index in [1.54, 1.807) is 0 Å². The van der Waals surface area contributed by atoms with Gasteiger partial charge in [-0.2, -0.15) is 13.2 Å². The number of hydrogen-bond donors (Lipinski definition) is 0. The van der Waals surface area contributed by atoms with Crippen LogP contribution in [-0.2, 0) is 11.0 Å². The Balaban J connectivity index is 2.84. The fraction of sp³-hybridized carbons (Fsp3) is 0.222. The zero-order valence-electron chi connectivity index (χ0n) is 6.97. The Labute approximate surface area is 78.3 Å². The number of carbonyl (C=O) groups excluding carboxylic acids is 1. The Morgan fingerprint density at radius 2 is 2.07 bits per heavy atom. The molecule has 0 aliphatic carbocycles. The highest BCUT2D eigenvalue weighted by atomic mass is 19.4. The van der Waals surface area contributed by atoms with Gasteiger partial charge in [-0.3, -0.25) is 4.79 Å². The highest BCUT2D eigenvalue weighted by Gasteiger charge is 2.30. The second-order valence-electron chi connectivity index (χ2n) is 2.46. The number of hydrogen-bond acceptors (Lipinski definition) is 2. The molecule has 1 aromatic carbocycles. The second-order valence-corrected chi connectivity index (χ2v) is 2.46. The van der Waals surface area contributed by atoms with E-state index in [9.17, 15) is 18.0 Å². The summed E-state index contributed by atoms with van der Waals surface area (Å²) in [6.07, 6.45) is -2.98. The lowest BCUT2D eigenvalue weighted by molar-refractivity contribution is -0.137. The second kappa shape index (κ2) is 4.13. The molecule has 0 aliphatic heterocycles.